The Morgan fingerprint density at radius 1 is 0.818 bits per heavy atom. The molecule has 2 aliphatic rings. The topological polar surface area (TPSA) is 98.7 Å². The van der Waals surface area contributed by atoms with E-state index >= 15 is 0 Å². The second-order valence-electron chi connectivity index (χ2n) is 9.20. The van der Waals surface area contributed by atoms with Gasteiger partial charge in [0.15, 0.2) is 0 Å². The van der Waals surface area contributed by atoms with Crippen LogP contribution in [0.3, 0.4) is 0 Å². The summed E-state index contributed by atoms with van der Waals surface area (Å²) in [4.78, 5) is 25.8. The Hall–Kier alpha value is -2.35. The van der Waals surface area contributed by atoms with E-state index in [1.165, 1.54) is 0 Å². The van der Waals surface area contributed by atoms with Gasteiger partial charge < -0.3 is 20.8 Å². The number of carbonyl (C=O) groups is 2. The maximum atomic E-state index is 11.9. The first-order valence-corrected chi connectivity index (χ1v) is 12.5. The second-order valence-corrected chi connectivity index (χ2v) is 10.3. The highest BCUT2D eigenvalue weighted by atomic mass is 32.2. The minimum atomic E-state index is -0.722. The number of benzene rings is 2. The maximum absolute atomic E-state index is 11.9. The molecule has 4 N–H and O–H groups in total. The Kier molecular flexibility index (Phi) is 8.06. The quantitative estimate of drug-likeness (QED) is 0.423. The van der Waals surface area contributed by atoms with Gasteiger partial charge in [0.05, 0.1) is 11.8 Å². The van der Waals surface area contributed by atoms with Gasteiger partial charge >= 0.3 is 11.9 Å². The third kappa shape index (κ3) is 6.37. The van der Waals surface area contributed by atoms with Crippen LogP contribution in [0.25, 0.3) is 0 Å². The molecular weight excluding hydrogens is 436 g/mol. The number of hydrogen-bond acceptors (Lipinski definition) is 5. The van der Waals surface area contributed by atoms with E-state index in [4.69, 9.17) is 0 Å². The van der Waals surface area contributed by atoms with Crippen molar-refractivity contribution in [3.8, 4) is 0 Å². The van der Waals surface area contributed by atoms with Crippen LogP contribution in [-0.4, -0.2) is 48.3 Å². The molecule has 2 heterocycles. The van der Waals surface area contributed by atoms with Gasteiger partial charge in [0.25, 0.3) is 0 Å². The predicted molar refractivity (Wildman–Crippen MR) is 129 cm³/mol. The molecule has 6 nitrogen and oxygen atoms in total. The van der Waals surface area contributed by atoms with Crippen LogP contribution in [-0.2, 0) is 22.4 Å². The molecular formula is C26H32N2O4S. The summed E-state index contributed by atoms with van der Waals surface area (Å²) in [6.07, 6.45) is 2.89. The van der Waals surface area contributed by atoms with Crippen molar-refractivity contribution in [3.63, 3.8) is 0 Å². The van der Waals surface area contributed by atoms with Crippen molar-refractivity contribution in [1.29, 1.82) is 0 Å². The van der Waals surface area contributed by atoms with E-state index in [1.807, 2.05) is 36.4 Å². The van der Waals surface area contributed by atoms with E-state index in [1.54, 1.807) is 11.8 Å². The van der Waals surface area contributed by atoms with Gasteiger partial charge in [-0.15, -0.1) is 0 Å². The van der Waals surface area contributed by atoms with Gasteiger partial charge in [0.1, 0.15) is 0 Å². The molecule has 2 aliphatic heterocycles. The Labute approximate surface area is 199 Å². The summed E-state index contributed by atoms with van der Waals surface area (Å²) < 4.78 is 0. The minimum Gasteiger partial charge on any atom is -0.481 e. The second kappa shape index (κ2) is 11.2. The Bertz CT molecular complexity index is 893. The molecule has 2 aromatic carbocycles. The zero-order valence-electron chi connectivity index (χ0n) is 18.7. The number of hydrogen-bond donors (Lipinski definition) is 4. The maximum Gasteiger partial charge on any atom is 0.307 e. The largest absolute Gasteiger partial charge is 0.481 e. The molecule has 4 atom stereocenters. The van der Waals surface area contributed by atoms with Crippen molar-refractivity contribution in [2.24, 2.45) is 23.7 Å². The van der Waals surface area contributed by atoms with Crippen molar-refractivity contribution in [2.75, 3.05) is 26.2 Å². The summed E-state index contributed by atoms with van der Waals surface area (Å²) in [5, 5.41) is 26.0. The number of rotatable bonds is 10. The van der Waals surface area contributed by atoms with Crippen LogP contribution in [0.15, 0.2) is 58.3 Å². The van der Waals surface area contributed by atoms with Crippen LogP contribution in [0.4, 0.5) is 0 Å². The summed E-state index contributed by atoms with van der Waals surface area (Å²) in [6.45, 7) is 3.32. The van der Waals surface area contributed by atoms with Crippen LogP contribution in [0.2, 0.25) is 0 Å². The molecule has 4 rings (SSSR count). The summed E-state index contributed by atoms with van der Waals surface area (Å²) in [6, 6.07) is 16.2. The van der Waals surface area contributed by atoms with Gasteiger partial charge in [-0.25, -0.2) is 0 Å². The van der Waals surface area contributed by atoms with Crippen molar-refractivity contribution >= 4 is 23.7 Å². The molecule has 0 aromatic heterocycles. The standard InChI is InChI=1S/C26H32N2O4S/c29-25(30)23(19-7-9-27-15-19)13-17-3-1-5-21(11-17)33-22-6-2-4-18(12-22)14-24(26(31)32)20-8-10-28-16-20/h1-6,11-12,19-20,23-24,27-28H,7-10,13-16H2,(H,29,30)(H,31,32)/t19-,20-,23-,24-/m0/s1. The number of carboxylic acids is 2. The molecule has 0 radical (unpaired) electrons. The van der Waals surface area contributed by atoms with Gasteiger partial charge in [-0.1, -0.05) is 36.0 Å². The first-order valence-electron chi connectivity index (χ1n) is 11.7. The van der Waals surface area contributed by atoms with E-state index in [0.717, 1.165) is 59.9 Å². The van der Waals surface area contributed by atoms with Crippen LogP contribution in [0.1, 0.15) is 24.0 Å². The van der Waals surface area contributed by atoms with Crippen molar-refractivity contribution in [2.45, 2.75) is 35.5 Å². The average molecular weight is 469 g/mol. The molecule has 2 aromatic rings. The summed E-state index contributed by atoms with van der Waals surface area (Å²) in [5.41, 5.74) is 2.07. The molecule has 0 bridgehead atoms. The molecule has 0 unspecified atom stereocenters. The van der Waals surface area contributed by atoms with Crippen molar-refractivity contribution in [1.82, 2.24) is 10.6 Å². The highest BCUT2D eigenvalue weighted by Crippen LogP contribution is 2.32. The lowest BCUT2D eigenvalue weighted by molar-refractivity contribution is -0.144. The Balaban J connectivity index is 1.43. The molecule has 176 valence electrons. The zero-order valence-corrected chi connectivity index (χ0v) is 19.5. The van der Waals surface area contributed by atoms with Crippen molar-refractivity contribution in [3.05, 3.63) is 59.7 Å². The normalized spacial score (nSPS) is 22.2. The van der Waals surface area contributed by atoms with E-state index < -0.39 is 11.9 Å². The molecule has 2 fully saturated rings. The van der Waals surface area contributed by atoms with Gasteiger partial charge in [-0.2, -0.15) is 0 Å². The summed E-state index contributed by atoms with van der Waals surface area (Å²) >= 11 is 1.63. The number of aliphatic carboxylic acids is 2. The fourth-order valence-electron chi connectivity index (χ4n) is 5.07. The summed E-state index contributed by atoms with van der Waals surface area (Å²) in [7, 11) is 0. The average Bonchev–Trinajstić information content (AvgIpc) is 3.50. The fourth-order valence-corrected chi connectivity index (χ4v) is 6.05. The molecule has 0 aliphatic carbocycles. The number of carboxylic acid groups (broad SMARTS) is 2. The smallest absolute Gasteiger partial charge is 0.307 e. The lowest BCUT2D eigenvalue weighted by Crippen LogP contribution is -2.27. The van der Waals surface area contributed by atoms with E-state index in [-0.39, 0.29) is 23.7 Å². The van der Waals surface area contributed by atoms with Crippen LogP contribution in [0, 0.1) is 23.7 Å². The number of nitrogens with one attached hydrogen (secondary N) is 2. The van der Waals surface area contributed by atoms with Gasteiger partial charge in [0, 0.05) is 9.79 Å². The Morgan fingerprint density at radius 3 is 1.64 bits per heavy atom. The lowest BCUT2D eigenvalue weighted by atomic mass is 9.86. The molecule has 2 saturated heterocycles. The highest BCUT2D eigenvalue weighted by molar-refractivity contribution is 7.99. The van der Waals surface area contributed by atoms with Gasteiger partial charge in [0.2, 0.25) is 0 Å². The van der Waals surface area contributed by atoms with Gasteiger partial charge in [-0.05, 0) is 99.1 Å². The molecule has 0 saturated carbocycles. The zero-order chi connectivity index (χ0) is 23.2. The first-order chi connectivity index (χ1) is 16.0. The molecule has 0 amide bonds. The third-order valence-electron chi connectivity index (χ3n) is 6.91. The fraction of sp³-hybridized carbons (Fsp3) is 0.462. The van der Waals surface area contributed by atoms with E-state index in [0.29, 0.717) is 12.8 Å². The third-order valence-corrected chi connectivity index (χ3v) is 7.89. The molecule has 33 heavy (non-hydrogen) atoms. The highest BCUT2D eigenvalue weighted by Gasteiger charge is 2.31. The van der Waals surface area contributed by atoms with Gasteiger partial charge in [-0.3, -0.25) is 9.59 Å². The summed E-state index contributed by atoms with van der Waals surface area (Å²) in [5.74, 6) is -1.84. The Morgan fingerprint density at radius 2 is 1.27 bits per heavy atom. The molecule has 0 spiro atoms. The minimum absolute atomic E-state index is 0.174. The van der Waals surface area contributed by atoms with Crippen LogP contribution < -0.4 is 10.6 Å². The lowest BCUT2D eigenvalue weighted by Gasteiger charge is -2.19. The van der Waals surface area contributed by atoms with Crippen LogP contribution in [0.5, 0.6) is 0 Å². The SMILES string of the molecule is O=C(O)[C@@H](Cc1cccc(Sc2cccc(C[C@H](C(=O)O)[C@H]3CCNC3)c2)c1)[C@H]1CCNC1. The predicted octanol–water partition coefficient (Wildman–Crippen LogP) is 3.54. The van der Waals surface area contributed by atoms with E-state index in [9.17, 15) is 19.8 Å². The van der Waals surface area contributed by atoms with Crippen LogP contribution >= 0.6 is 11.8 Å². The van der Waals surface area contributed by atoms with E-state index in [2.05, 4.69) is 22.8 Å². The molecule has 7 heteroatoms. The van der Waals surface area contributed by atoms with Crippen molar-refractivity contribution < 1.29 is 19.8 Å². The monoisotopic (exact) mass is 468 g/mol. The first kappa shape index (κ1) is 23.8.